The average molecular weight is 348 g/mol. The Morgan fingerprint density at radius 3 is 2.80 bits per heavy atom. The Kier molecular flexibility index (Phi) is 3.89. The molecule has 0 atom stereocenters. The summed E-state index contributed by atoms with van der Waals surface area (Å²) in [6.45, 7) is 2.84. The van der Waals surface area contributed by atoms with Crippen LogP contribution in [0.5, 0.6) is 0 Å². The molecule has 0 aliphatic heterocycles. The zero-order chi connectivity index (χ0) is 13.9. The number of aryl methyl sites for hydroxylation is 1. The van der Waals surface area contributed by atoms with E-state index in [1.54, 1.807) is 11.3 Å². The first kappa shape index (κ1) is 13.4. The first-order chi connectivity index (χ1) is 9.70. The zero-order valence-corrected chi connectivity index (χ0v) is 13.4. The lowest BCUT2D eigenvalue weighted by molar-refractivity contribution is 0.820. The van der Waals surface area contributed by atoms with E-state index < -0.39 is 0 Å². The summed E-state index contributed by atoms with van der Waals surface area (Å²) in [7, 11) is 0. The number of nitrogens with one attached hydrogen (secondary N) is 1. The number of rotatable bonds is 4. The monoisotopic (exact) mass is 347 g/mol. The summed E-state index contributed by atoms with van der Waals surface area (Å²) in [6, 6.07) is 12.3. The number of anilines is 2. The Morgan fingerprint density at radius 2 is 2.10 bits per heavy atom. The maximum absolute atomic E-state index is 4.55. The third kappa shape index (κ3) is 3.11. The third-order valence-corrected chi connectivity index (χ3v) is 4.56. The minimum atomic E-state index is 0.826. The second kappa shape index (κ2) is 5.81. The second-order valence-corrected chi connectivity index (χ2v) is 6.47. The first-order valence-corrected chi connectivity index (χ1v) is 7.97. The first-order valence-electron chi connectivity index (χ1n) is 6.29. The van der Waals surface area contributed by atoms with Crippen LogP contribution in [0.2, 0.25) is 0 Å². The number of aromatic nitrogens is 2. The van der Waals surface area contributed by atoms with Crippen molar-refractivity contribution in [1.29, 1.82) is 0 Å². The van der Waals surface area contributed by atoms with Gasteiger partial charge in [0.1, 0.15) is 0 Å². The van der Waals surface area contributed by atoms with Gasteiger partial charge < -0.3 is 9.88 Å². The highest BCUT2D eigenvalue weighted by atomic mass is 79.9. The van der Waals surface area contributed by atoms with Crippen molar-refractivity contribution in [3.8, 4) is 0 Å². The standard InChI is InChI=1S/C15H14BrN3S/c1-11-8-19(9-14-7-12(16)10-20-14)15(17-11)18-13-5-3-2-4-6-13/h2-8,10H,9H2,1H3,(H,17,18). The lowest BCUT2D eigenvalue weighted by Crippen LogP contribution is -2.03. The molecule has 0 aliphatic rings. The average Bonchev–Trinajstić information content (AvgIpc) is 2.98. The molecule has 0 unspecified atom stereocenters. The Bertz CT molecular complexity index is 703. The summed E-state index contributed by atoms with van der Waals surface area (Å²) in [5, 5.41) is 5.47. The zero-order valence-electron chi connectivity index (χ0n) is 11.0. The molecule has 5 heteroatoms. The predicted molar refractivity (Wildman–Crippen MR) is 87.8 cm³/mol. The van der Waals surface area contributed by atoms with Crippen molar-refractivity contribution < 1.29 is 0 Å². The Hall–Kier alpha value is -1.59. The van der Waals surface area contributed by atoms with Gasteiger partial charge in [0.2, 0.25) is 5.95 Å². The maximum atomic E-state index is 4.55. The number of halogens is 1. The molecule has 102 valence electrons. The van der Waals surface area contributed by atoms with E-state index in [-0.39, 0.29) is 0 Å². The highest BCUT2D eigenvalue weighted by Crippen LogP contribution is 2.23. The molecule has 1 aromatic carbocycles. The van der Waals surface area contributed by atoms with E-state index in [2.05, 4.69) is 48.4 Å². The number of hydrogen-bond acceptors (Lipinski definition) is 3. The van der Waals surface area contributed by atoms with Crippen LogP contribution < -0.4 is 5.32 Å². The summed E-state index contributed by atoms with van der Waals surface area (Å²) in [4.78, 5) is 5.85. The number of para-hydroxylation sites is 1. The minimum Gasteiger partial charge on any atom is -0.326 e. The minimum absolute atomic E-state index is 0.826. The van der Waals surface area contributed by atoms with Gasteiger partial charge >= 0.3 is 0 Å². The Morgan fingerprint density at radius 1 is 1.30 bits per heavy atom. The van der Waals surface area contributed by atoms with Gasteiger partial charge in [-0.1, -0.05) is 18.2 Å². The van der Waals surface area contributed by atoms with Crippen molar-refractivity contribution in [3.63, 3.8) is 0 Å². The fourth-order valence-corrected chi connectivity index (χ4v) is 3.47. The number of nitrogens with zero attached hydrogens (tertiary/aromatic N) is 2. The molecule has 3 aromatic rings. The second-order valence-electron chi connectivity index (χ2n) is 4.56. The molecule has 20 heavy (non-hydrogen) atoms. The fourth-order valence-electron chi connectivity index (χ4n) is 2.02. The fraction of sp³-hybridized carbons (Fsp3) is 0.133. The lowest BCUT2D eigenvalue weighted by Gasteiger charge is -2.08. The van der Waals surface area contributed by atoms with Gasteiger partial charge in [-0.25, -0.2) is 4.98 Å². The molecule has 0 saturated heterocycles. The van der Waals surface area contributed by atoms with Crippen molar-refractivity contribution in [3.05, 3.63) is 63.0 Å². The molecule has 2 aromatic heterocycles. The van der Waals surface area contributed by atoms with Crippen LogP contribution in [0.1, 0.15) is 10.6 Å². The molecule has 1 N–H and O–H groups in total. The van der Waals surface area contributed by atoms with E-state index in [1.807, 2.05) is 37.3 Å². The Labute approximate surface area is 130 Å². The van der Waals surface area contributed by atoms with Crippen molar-refractivity contribution in [2.75, 3.05) is 5.32 Å². The molecule has 0 fully saturated rings. The van der Waals surface area contributed by atoms with Crippen LogP contribution in [-0.4, -0.2) is 9.55 Å². The molecule has 0 aliphatic carbocycles. The SMILES string of the molecule is Cc1cn(Cc2cc(Br)cs2)c(Nc2ccccc2)n1. The van der Waals surface area contributed by atoms with Gasteiger partial charge in [-0.3, -0.25) is 0 Å². The highest BCUT2D eigenvalue weighted by Gasteiger charge is 2.07. The van der Waals surface area contributed by atoms with Crippen LogP contribution in [-0.2, 0) is 6.54 Å². The van der Waals surface area contributed by atoms with Gasteiger partial charge in [0.15, 0.2) is 0 Å². The summed E-state index contributed by atoms with van der Waals surface area (Å²) in [5.41, 5.74) is 2.06. The molecule has 0 radical (unpaired) electrons. The molecular weight excluding hydrogens is 334 g/mol. The summed E-state index contributed by atoms with van der Waals surface area (Å²) in [6.07, 6.45) is 2.07. The largest absolute Gasteiger partial charge is 0.326 e. The molecule has 3 rings (SSSR count). The van der Waals surface area contributed by atoms with Gasteiger partial charge in [-0.15, -0.1) is 11.3 Å². The van der Waals surface area contributed by atoms with Crippen molar-refractivity contribution in [2.45, 2.75) is 13.5 Å². The molecule has 0 saturated carbocycles. The number of hydrogen-bond donors (Lipinski definition) is 1. The topological polar surface area (TPSA) is 29.9 Å². The van der Waals surface area contributed by atoms with E-state index in [9.17, 15) is 0 Å². The van der Waals surface area contributed by atoms with Crippen LogP contribution in [0.4, 0.5) is 11.6 Å². The van der Waals surface area contributed by atoms with Gasteiger partial charge in [0.05, 0.1) is 12.2 Å². The van der Waals surface area contributed by atoms with E-state index in [1.165, 1.54) is 4.88 Å². The van der Waals surface area contributed by atoms with Crippen LogP contribution in [0.3, 0.4) is 0 Å². The van der Waals surface area contributed by atoms with E-state index in [4.69, 9.17) is 0 Å². The van der Waals surface area contributed by atoms with Gasteiger partial charge in [-0.2, -0.15) is 0 Å². The van der Waals surface area contributed by atoms with Crippen molar-refractivity contribution in [2.24, 2.45) is 0 Å². The normalized spacial score (nSPS) is 10.7. The summed E-state index contributed by atoms with van der Waals surface area (Å²) in [5.74, 6) is 0.873. The lowest BCUT2D eigenvalue weighted by atomic mass is 10.3. The smallest absolute Gasteiger partial charge is 0.207 e. The van der Waals surface area contributed by atoms with Crippen LogP contribution in [0, 0.1) is 6.92 Å². The molecule has 2 heterocycles. The van der Waals surface area contributed by atoms with Crippen molar-refractivity contribution in [1.82, 2.24) is 9.55 Å². The highest BCUT2D eigenvalue weighted by molar-refractivity contribution is 9.10. The Balaban J connectivity index is 1.84. The predicted octanol–water partition coefficient (Wildman–Crippen LogP) is 4.81. The number of imidazole rings is 1. The molecule has 3 nitrogen and oxygen atoms in total. The maximum Gasteiger partial charge on any atom is 0.207 e. The van der Waals surface area contributed by atoms with Crippen LogP contribution in [0.25, 0.3) is 0 Å². The van der Waals surface area contributed by atoms with Crippen molar-refractivity contribution >= 4 is 38.9 Å². The summed E-state index contributed by atoms with van der Waals surface area (Å²) < 4.78 is 3.27. The summed E-state index contributed by atoms with van der Waals surface area (Å²) >= 11 is 5.24. The van der Waals surface area contributed by atoms with Crippen LogP contribution in [0.15, 0.2) is 52.4 Å². The quantitative estimate of drug-likeness (QED) is 0.733. The van der Waals surface area contributed by atoms with E-state index >= 15 is 0 Å². The van der Waals surface area contributed by atoms with Crippen LogP contribution >= 0.6 is 27.3 Å². The molecular formula is C15H14BrN3S. The van der Waals surface area contributed by atoms with Gasteiger partial charge in [0.25, 0.3) is 0 Å². The van der Waals surface area contributed by atoms with Gasteiger partial charge in [-0.05, 0) is 41.1 Å². The van der Waals surface area contributed by atoms with E-state index in [0.29, 0.717) is 0 Å². The number of thiophene rings is 1. The molecule has 0 spiro atoms. The van der Waals surface area contributed by atoms with Gasteiger partial charge in [0, 0.05) is 26.6 Å². The number of benzene rings is 1. The van der Waals surface area contributed by atoms with E-state index in [0.717, 1.165) is 28.3 Å². The molecule has 0 amide bonds. The molecule has 0 bridgehead atoms. The third-order valence-electron chi connectivity index (χ3n) is 2.87.